The van der Waals surface area contributed by atoms with E-state index in [0.717, 1.165) is 48.7 Å². The van der Waals surface area contributed by atoms with E-state index in [-0.39, 0.29) is 0 Å². The smallest absolute Gasteiger partial charge is 0.170 e. The van der Waals surface area contributed by atoms with Crippen molar-refractivity contribution in [2.24, 2.45) is 11.5 Å². The van der Waals surface area contributed by atoms with E-state index in [1.54, 1.807) is 0 Å². The summed E-state index contributed by atoms with van der Waals surface area (Å²) in [4.78, 5) is 0. The Hall–Kier alpha value is -2.24. The molecule has 0 fully saturated rings. The van der Waals surface area contributed by atoms with E-state index in [1.807, 2.05) is 36.4 Å². The molecule has 0 aliphatic heterocycles. The van der Waals surface area contributed by atoms with Gasteiger partial charge in [-0.1, -0.05) is 0 Å². The molecular formula is C18H22N2O3. The van der Waals surface area contributed by atoms with E-state index in [9.17, 15) is 0 Å². The van der Waals surface area contributed by atoms with Crippen molar-refractivity contribution < 1.29 is 13.3 Å². The molecule has 0 aromatic carbocycles. The molecule has 3 aromatic rings. The third kappa shape index (κ3) is 3.75. The second kappa shape index (κ2) is 7.35. The highest BCUT2D eigenvalue weighted by Gasteiger charge is 2.13. The van der Waals surface area contributed by atoms with Gasteiger partial charge < -0.3 is 24.7 Å². The summed E-state index contributed by atoms with van der Waals surface area (Å²) in [7, 11) is 0. The molecule has 0 saturated heterocycles. The Morgan fingerprint density at radius 1 is 0.565 bits per heavy atom. The van der Waals surface area contributed by atoms with Crippen molar-refractivity contribution in [1.29, 1.82) is 0 Å². The van der Waals surface area contributed by atoms with Crippen LogP contribution in [0, 0.1) is 0 Å². The normalized spacial score (nSPS) is 11.2. The molecule has 0 aliphatic rings. The first-order chi connectivity index (χ1) is 11.3. The van der Waals surface area contributed by atoms with Gasteiger partial charge >= 0.3 is 0 Å². The van der Waals surface area contributed by atoms with Crippen LogP contribution in [0.15, 0.2) is 49.6 Å². The number of aryl methyl sites for hydroxylation is 2. The summed E-state index contributed by atoms with van der Waals surface area (Å²) < 4.78 is 17.4. The van der Waals surface area contributed by atoms with E-state index in [0.29, 0.717) is 24.6 Å². The van der Waals surface area contributed by atoms with Crippen LogP contribution in [0.5, 0.6) is 0 Å². The lowest BCUT2D eigenvalue weighted by atomic mass is 10.2. The maximum atomic E-state index is 5.85. The van der Waals surface area contributed by atoms with Gasteiger partial charge in [0.15, 0.2) is 23.0 Å². The number of nitrogens with two attached hydrogens (primary N) is 2. The zero-order valence-corrected chi connectivity index (χ0v) is 13.1. The zero-order chi connectivity index (χ0) is 16.1. The van der Waals surface area contributed by atoms with Crippen molar-refractivity contribution in [1.82, 2.24) is 0 Å². The minimum atomic E-state index is 0.659. The van der Waals surface area contributed by atoms with Gasteiger partial charge in [0.2, 0.25) is 0 Å². The fourth-order valence-electron chi connectivity index (χ4n) is 2.44. The van der Waals surface area contributed by atoms with E-state index < -0.39 is 0 Å². The third-order valence-electron chi connectivity index (χ3n) is 3.67. The Balaban J connectivity index is 1.72. The van der Waals surface area contributed by atoms with Gasteiger partial charge in [-0.2, -0.15) is 0 Å². The van der Waals surface area contributed by atoms with Crippen LogP contribution in [0.2, 0.25) is 0 Å². The first-order valence-corrected chi connectivity index (χ1v) is 7.98. The molecule has 5 heteroatoms. The highest BCUT2D eigenvalue weighted by atomic mass is 16.4. The van der Waals surface area contributed by atoms with Gasteiger partial charge in [-0.25, -0.2) is 0 Å². The lowest BCUT2D eigenvalue weighted by molar-refractivity contribution is 0.474. The van der Waals surface area contributed by atoms with Gasteiger partial charge in [0.25, 0.3) is 0 Å². The SMILES string of the molecule is NCCCc1ccc(-c2ccc(-c3ccc(CCCN)o3)o2)o1. The monoisotopic (exact) mass is 314 g/mol. The van der Waals surface area contributed by atoms with Gasteiger partial charge in [0.05, 0.1) is 0 Å². The summed E-state index contributed by atoms with van der Waals surface area (Å²) in [6.45, 7) is 1.32. The van der Waals surface area contributed by atoms with E-state index in [1.165, 1.54) is 0 Å². The summed E-state index contributed by atoms with van der Waals surface area (Å²) in [5.41, 5.74) is 11.0. The molecule has 3 rings (SSSR count). The number of hydrogen-bond acceptors (Lipinski definition) is 5. The lowest BCUT2D eigenvalue weighted by Gasteiger charge is -1.95. The van der Waals surface area contributed by atoms with Crippen LogP contribution < -0.4 is 11.5 Å². The van der Waals surface area contributed by atoms with Crippen molar-refractivity contribution in [3.63, 3.8) is 0 Å². The molecule has 5 nitrogen and oxygen atoms in total. The molecular weight excluding hydrogens is 292 g/mol. The number of furan rings is 3. The quantitative estimate of drug-likeness (QED) is 0.663. The zero-order valence-electron chi connectivity index (χ0n) is 13.1. The molecule has 3 heterocycles. The highest BCUT2D eigenvalue weighted by Crippen LogP contribution is 2.31. The summed E-state index contributed by atoms with van der Waals surface area (Å²) in [5.74, 6) is 4.67. The molecule has 0 bridgehead atoms. The minimum Gasteiger partial charge on any atom is -0.458 e. The summed E-state index contributed by atoms with van der Waals surface area (Å²) in [5, 5.41) is 0. The molecule has 3 aromatic heterocycles. The molecule has 0 amide bonds. The van der Waals surface area contributed by atoms with Crippen molar-refractivity contribution in [3.8, 4) is 23.0 Å². The van der Waals surface area contributed by atoms with Crippen molar-refractivity contribution in [2.45, 2.75) is 25.7 Å². The van der Waals surface area contributed by atoms with Crippen LogP contribution in [0.3, 0.4) is 0 Å². The highest BCUT2D eigenvalue weighted by molar-refractivity contribution is 5.58. The summed E-state index contributed by atoms with van der Waals surface area (Å²) >= 11 is 0. The second-order valence-corrected chi connectivity index (χ2v) is 5.48. The molecule has 0 unspecified atom stereocenters. The average Bonchev–Trinajstić information content (AvgIpc) is 3.29. The Kier molecular flexibility index (Phi) is 5.00. The van der Waals surface area contributed by atoms with Crippen LogP contribution in [0.4, 0.5) is 0 Å². The second-order valence-electron chi connectivity index (χ2n) is 5.48. The van der Waals surface area contributed by atoms with Gasteiger partial charge in [-0.3, -0.25) is 0 Å². The molecule has 122 valence electrons. The number of hydrogen-bond donors (Lipinski definition) is 2. The summed E-state index contributed by atoms with van der Waals surface area (Å²) in [6, 6.07) is 11.6. The molecule has 0 radical (unpaired) electrons. The van der Waals surface area contributed by atoms with Crippen molar-refractivity contribution in [3.05, 3.63) is 47.9 Å². The van der Waals surface area contributed by atoms with Crippen LogP contribution in [-0.4, -0.2) is 13.1 Å². The maximum Gasteiger partial charge on any atom is 0.170 e. The topological polar surface area (TPSA) is 91.5 Å². The van der Waals surface area contributed by atoms with Crippen LogP contribution in [0.25, 0.3) is 23.0 Å². The average molecular weight is 314 g/mol. The van der Waals surface area contributed by atoms with Gasteiger partial charge in [-0.15, -0.1) is 0 Å². The first-order valence-electron chi connectivity index (χ1n) is 7.98. The van der Waals surface area contributed by atoms with E-state index in [2.05, 4.69) is 0 Å². The molecule has 0 saturated carbocycles. The van der Waals surface area contributed by atoms with Gasteiger partial charge in [0, 0.05) is 12.8 Å². The Labute approximate surface area is 135 Å². The fourth-order valence-corrected chi connectivity index (χ4v) is 2.44. The van der Waals surface area contributed by atoms with Crippen LogP contribution in [-0.2, 0) is 12.8 Å². The Morgan fingerprint density at radius 3 is 1.39 bits per heavy atom. The predicted octanol–water partition coefficient (Wildman–Crippen LogP) is 3.58. The molecule has 0 spiro atoms. The molecule has 0 aliphatic carbocycles. The van der Waals surface area contributed by atoms with Gasteiger partial charge in [-0.05, 0) is 62.3 Å². The number of rotatable bonds is 8. The van der Waals surface area contributed by atoms with Gasteiger partial charge in [0.1, 0.15) is 11.5 Å². The molecule has 0 atom stereocenters. The first kappa shape index (κ1) is 15.6. The third-order valence-corrected chi connectivity index (χ3v) is 3.67. The standard InChI is InChI=1S/C18H22N2O3/c19-11-1-3-13-5-7-15(21-13)17-9-10-18(23-17)16-8-6-14(22-16)4-2-12-20/h5-10H,1-4,11-12,19-20H2. The van der Waals surface area contributed by atoms with E-state index >= 15 is 0 Å². The maximum absolute atomic E-state index is 5.85. The largest absolute Gasteiger partial charge is 0.458 e. The Bertz CT molecular complexity index is 678. The predicted molar refractivity (Wildman–Crippen MR) is 88.9 cm³/mol. The van der Waals surface area contributed by atoms with Crippen molar-refractivity contribution in [2.75, 3.05) is 13.1 Å². The molecule has 23 heavy (non-hydrogen) atoms. The Morgan fingerprint density at radius 2 is 0.957 bits per heavy atom. The van der Waals surface area contributed by atoms with Crippen LogP contribution >= 0.6 is 0 Å². The lowest BCUT2D eigenvalue weighted by Crippen LogP contribution is -1.99. The van der Waals surface area contributed by atoms with E-state index in [4.69, 9.17) is 24.7 Å². The van der Waals surface area contributed by atoms with Crippen molar-refractivity contribution >= 4 is 0 Å². The van der Waals surface area contributed by atoms with Crippen LogP contribution in [0.1, 0.15) is 24.4 Å². The summed E-state index contributed by atoms with van der Waals surface area (Å²) in [6.07, 6.45) is 3.50. The molecule has 4 N–H and O–H groups in total. The minimum absolute atomic E-state index is 0.659. The fraction of sp³-hybridized carbons (Fsp3) is 0.333.